The predicted molar refractivity (Wildman–Crippen MR) is 99.3 cm³/mol. The molecular formula is C21H19O2P. The molecule has 4 rings (SSSR count). The molecular weight excluding hydrogens is 315 g/mol. The Morgan fingerprint density at radius 2 is 1.21 bits per heavy atom. The van der Waals surface area contributed by atoms with E-state index < -0.39 is 12.7 Å². The van der Waals surface area contributed by atoms with E-state index in [2.05, 4.69) is 6.92 Å². The molecule has 1 aliphatic rings. The van der Waals surface area contributed by atoms with Gasteiger partial charge in [0.05, 0.1) is 0 Å². The van der Waals surface area contributed by atoms with Gasteiger partial charge in [0.25, 0.3) is 0 Å². The van der Waals surface area contributed by atoms with E-state index in [4.69, 9.17) is 4.74 Å². The van der Waals surface area contributed by atoms with Crippen LogP contribution in [0.25, 0.3) is 0 Å². The van der Waals surface area contributed by atoms with E-state index in [1.165, 1.54) is 0 Å². The first-order valence-corrected chi connectivity index (χ1v) is 9.74. The fraction of sp³-hybridized carbons (Fsp3) is 0.143. The third-order valence-corrected chi connectivity index (χ3v) is 8.20. The Morgan fingerprint density at radius 1 is 0.750 bits per heavy atom. The Labute approximate surface area is 142 Å². The number of hydrogen-bond acceptors (Lipinski definition) is 2. The second-order valence-electron chi connectivity index (χ2n) is 6.22. The minimum absolute atomic E-state index is 0.601. The van der Waals surface area contributed by atoms with Crippen LogP contribution >= 0.6 is 7.14 Å². The molecule has 0 radical (unpaired) electrons. The summed E-state index contributed by atoms with van der Waals surface area (Å²) in [6, 6.07) is 25.7. The van der Waals surface area contributed by atoms with E-state index in [0.29, 0.717) is 0 Å². The van der Waals surface area contributed by atoms with Crippen molar-refractivity contribution in [2.45, 2.75) is 12.5 Å². The van der Waals surface area contributed by atoms with Gasteiger partial charge in [-0.05, 0) is 18.1 Å². The number of hydrogen-bond donors (Lipinski definition) is 0. The van der Waals surface area contributed by atoms with Crippen molar-refractivity contribution in [3.05, 3.63) is 90.0 Å². The van der Waals surface area contributed by atoms with Gasteiger partial charge in [-0.1, -0.05) is 78.9 Å². The number of rotatable bonds is 2. The lowest BCUT2D eigenvalue weighted by Gasteiger charge is -2.40. The van der Waals surface area contributed by atoms with Crippen molar-refractivity contribution in [2.24, 2.45) is 0 Å². The maximum atomic E-state index is 14.4. The highest BCUT2D eigenvalue weighted by molar-refractivity contribution is 7.85. The van der Waals surface area contributed by atoms with Crippen molar-refractivity contribution in [1.82, 2.24) is 0 Å². The zero-order valence-corrected chi connectivity index (χ0v) is 14.7. The normalized spacial score (nSPS) is 24.9. The maximum absolute atomic E-state index is 14.4. The van der Waals surface area contributed by atoms with E-state index >= 15 is 0 Å². The van der Waals surface area contributed by atoms with Crippen LogP contribution < -0.4 is 15.9 Å². The minimum Gasteiger partial charge on any atom is -0.369 e. The number of fused-ring (bicyclic) bond motifs is 2. The second kappa shape index (κ2) is 5.44. The lowest BCUT2D eigenvalue weighted by molar-refractivity contribution is 0.0403. The molecule has 120 valence electrons. The van der Waals surface area contributed by atoms with Gasteiger partial charge in [-0.15, -0.1) is 0 Å². The Bertz CT molecular complexity index is 895. The van der Waals surface area contributed by atoms with Crippen LogP contribution in [-0.4, -0.2) is 7.11 Å². The second-order valence-corrected chi connectivity index (χ2v) is 8.92. The third kappa shape index (κ3) is 1.90. The van der Waals surface area contributed by atoms with Crippen LogP contribution in [0.3, 0.4) is 0 Å². The molecule has 0 fully saturated rings. The number of benzene rings is 3. The zero-order valence-electron chi connectivity index (χ0n) is 13.8. The van der Waals surface area contributed by atoms with Crippen LogP contribution in [0.4, 0.5) is 0 Å². The van der Waals surface area contributed by atoms with Crippen molar-refractivity contribution in [1.29, 1.82) is 0 Å². The summed E-state index contributed by atoms with van der Waals surface area (Å²) in [7, 11) is -1.20. The van der Waals surface area contributed by atoms with Crippen molar-refractivity contribution in [3.8, 4) is 0 Å². The topological polar surface area (TPSA) is 26.3 Å². The first-order valence-electron chi connectivity index (χ1n) is 8.03. The van der Waals surface area contributed by atoms with E-state index in [9.17, 15) is 4.57 Å². The molecule has 0 bridgehead atoms. The largest absolute Gasteiger partial charge is 0.369 e. The smallest absolute Gasteiger partial charge is 0.171 e. The Balaban J connectivity index is 2.15. The molecule has 1 aliphatic heterocycles. The standard InChI is InChI=1S/C21H19O2P/c1-21(23-2)17-12-6-8-14-19(17)24(22,16-10-4-3-5-11-16)20-15-9-7-13-18(20)21/h3-15H,1-2H3. The Morgan fingerprint density at radius 3 is 1.71 bits per heavy atom. The Hall–Kier alpha value is -2.15. The maximum Gasteiger partial charge on any atom is 0.171 e. The lowest BCUT2D eigenvalue weighted by atomic mass is 9.87. The molecule has 24 heavy (non-hydrogen) atoms. The SMILES string of the molecule is COC1(C)c2ccccc2P(=O)(c2ccccc2)c2ccccc21. The van der Waals surface area contributed by atoms with Gasteiger partial charge in [0.15, 0.2) is 7.14 Å². The van der Waals surface area contributed by atoms with Crippen LogP contribution in [0, 0.1) is 0 Å². The predicted octanol–water partition coefficient (Wildman–Crippen LogP) is 3.55. The summed E-state index contributed by atoms with van der Waals surface area (Å²) in [5.41, 5.74) is 1.37. The average Bonchev–Trinajstić information content (AvgIpc) is 2.67. The van der Waals surface area contributed by atoms with Gasteiger partial charge in [-0.3, -0.25) is 0 Å². The highest BCUT2D eigenvalue weighted by Crippen LogP contribution is 2.52. The van der Waals surface area contributed by atoms with Gasteiger partial charge in [-0.25, -0.2) is 0 Å². The van der Waals surface area contributed by atoms with Crippen molar-refractivity contribution in [3.63, 3.8) is 0 Å². The van der Waals surface area contributed by atoms with Gasteiger partial charge in [0.1, 0.15) is 5.60 Å². The first kappa shape index (κ1) is 15.4. The molecule has 2 nitrogen and oxygen atoms in total. The van der Waals surface area contributed by atoms with Crippen molar-refractivity contribution < 1.29 is 9.30 Å². The summed E-state index contributed by atoms with van der Waals surface area (Å²) in [6.45, 7) is 2.05. The van der Waals surface area contributed by atoms with Gasteiger partial charge in [0.2, 0.25) is 0 Å². The highest BCUT2D eigenvalue weighted by atomic mass is 31.2. The molecule has 3 aromatic carbocycles. The molecule has 3 heteroatoms. The summed E-state index contributed by atoms with van der Waals surface area (Å²) in [5, 5.41) is 2.61. The number of ether oxygens (including phenoxy) is 1. The molecule has 0 aliphatic carbocycles. The molecule has 0 spiro atoms. The third-order valence-electron chi connectivity index (χ3n) is 5.04. The summed E-state index contributed by atoms with van der Waals surface area (Å²) in [6.07, 6.45) is 0. The highest BCUT2D eigenvalue weighted by Gasteiger charge is 2.46. The molecule has 0 saturated heterocycles. The van der Waals surface area contributed by atoms with Crippen molar-refractivity contribution >= 4 is 23.1 Å². The first-order chi connectivity index (χ1) is 11.6. The molecule has 0 N–H and O–H groups in total. The fourth-order valence-electron chi connectivity index (χ4n) is 3.71. The van der Waals surface area contributed by atoms with E-state index in [-0.39, 0.29) is 0 Å². The van der Waals surface area contributed by atoms with Crippen LogP contribution in [-0.2, 0) is 14.9 Å². The van der Waals surface area contributed by atoms with E-state index in [0.717, 1.165) is 27.0 Å². The van der Waals surface area contributed by atoms with Gasteiger partial charge in [-0.2, -0.15) is 0 Å². The van der Waals surface area contributed by atoms with Gasteiger partial charge >= 0.3 is 0 Å². The summed E-state index contributed by atoms with van der Waals surface area (Å²) in [4.78, 5) is 0. The minimum atomic E-state index is -2.92. The lowest BCUT2D eigenvalue weighted by Crippen LogP contribution is -2.44. The van der Waals surface area contributed by atoms with Crippen molar-refractivity contribution in [2.75, 3.05) is 7.11 Å². The molecule has 0 saturated carbocycles. The molecule has 1 heterocycles. The quantitative estimate of drug-likeness (QED) is 0.670. The molecule has 0 atom stereocenters. The van der Waals surface area contributed by atoms with Gasteiger partial charge in [0, 0.05) is 23.0 Å². The van der Waals surface area contributed by atoms with Gasteiger partial charge < -0.3 is 9.30 Å². The van der Waals surface area contributed by atoms with Crippen LogP contribution in [0.2, 0.25) is 0 Å². The monoisotopic (exact) mass is 334 g/mol. The number of methoxy groups -OCH3 is 1. The average molecular weight is 334 g/mol. The molecule has 0 amide bonds. The summed E-state index contributed by atoms with van der Waals surface area (Å²) < 4.78 is 20.4. The van der Waals surface area contributed by atoms with E-state index in [1.54, 1.807) is 7.11 Å². The molecule has 0 unspecified atom stereocenters. The molecule has 0 aromatic heterocycles. The Kier molecular flexibility index (Phi) is 3.49. The van der Waals surface area contributed by atoms with Crippen LogP contribution in [0.1, 0.15) is 18.1 Å². The van der Waals surface area contributed by atoms with Crippen LogP contribution in [0.5, 0.6) is 0 Å². The van der Waals surface area contributed by atoms with Crippen LogP contribution in [0.15, 0.2) is 78.9 Å². The van der Waals surface area contributed by atoms with E-state index in [1.807, 2.05) is 78.9 Å². The zero-order chi connectivity index (χ0) is 16.8. The summed E-state index contributed by atoms with van der Waals surface area (Å²) in [5.74, 6) is 0. The molecule has 3 aromatic rings. The fourth-order valence-corrected chi connectivity index (χ4v) is 6.97. The summed E-state index contributed by atoms with van der Waals surface area (Å²) >= 11 is 0.